The van der Waals surface area contributed by atoms with Crippen molar-refractivity contribution < 1.29 is 23.1 Å². The van der Waals surface area contributed by atoms with Crippen LogP contribution in [0, 0.1) is 0 Å². The van der Waals surface area contributed by atoms with Crippen LogP contribution in [0.25, 0.3) is 0 Å². The van der Waals surface area contributed by atoms with Gasteiger partial charge in [0.2, 0.25) is 0 Å². The fraction of sp³-hybridized carbons (Fsp3) is 0.167. The van der Waals surface area contributed by atoms with Crippen LogP contribution in [0.15, 0.2) is 66.9 Å². The fourth-order valence-corrected chi connectivity index (χ4v) is 2.65. The highest BCUT2D eigenvalue weighted by Gasteiger charge is 2.42. The largest absolute Gasteiger partial charge is 0.416 e. The Morgan fingerprint density at radius 2 is 1.62 bits per heavy atom. The number of nitrogens with zero attached hydrogens (tertiary/aromatic N) is 1. The third kappa shape index (κ3) is 2.80. The molecular formula is C18H14F3NO2. The van der Waals surface area contributed by atoms with E-state index in [4.69, 9.17) is 0 Å². The summed E-state index contributed by atoms with van der Waals surface area (Å²) in [6, 6.07) is 12.7. The number of rotatable bonds is 2. The number of para-hydroxylation sites is 1. The third-order valence-electron chi connectivity index (χ3n) is 3.96. The molecule has 1 amide bonds. The van der Waals surface area contributed by atoms with Crippen LogP contribution >= 0.6 is 0 Å². The number of aliphatic hydroxyl groups is 1. The van der Waals surface area contributed by atoms with Gasteiger partial charge in [0.25, 0.3) is 5.91 Å². The first-order chi connectivity index (χ1) is 11.3. The second kappa shape index (κ2) is 5.79. The average Bonchev–Trinajstić information content (AvgIpc) is 2.57. The van der Waals surface area contributed by atoms with Gasteiger partial charge in [0, 0.05) is 18.3 Å². The van der Waals surface area contributed by atoms with Crippen molar-refractivity contribution in [1.29, 1.82) is 0 Å². The number of benzene rings is 2. The first-order valence-corrected chi connectivity index (χ1v) is 7.28. The van der Waals surface area contributed by atoms with Crippen molar-refractivity contribution in [3.05, 3.63) is 78.0 Å². The highest BCUT2D eigenvalue weighted by atomic mass is 19.4. The molecule has 1 heterocycles. The molecule has 3 rings (SSSR count). The summed E-state index contributed by atoms with van der Waals surface area (Å²) >= 11 is 0. The Morgan fingerprint density at radius 3 is 2.21 bits per heavy atom. The number of carbonyl (C=O) groups is 1. The quantitative estimate of drug-likeness (QED) is 0.907. The number of amides is 1. The van der Waals surface area contributed by atoms with E-state index in [-0.39, 0.29) is 12.0 Å². The molecule has 0 aromatic heterocycles. The normalized spacial score (nSPS) is 21.2. The molecule has 2 aromatic carbocycles. The van der Waals surface area contributed by atoms with Crippen molar-refractivity contribution >= 4 is 11.6 Å². The van der Waals surface area contributed by atoms with E-state index in [0.717, 1.165) is 24.3 Å². The van der Waals surface area contributed by atoms with E-state index < -0.39 is 23.2 Å². The molecule has 0 spiro atoms. The van der Waals surface area contributed by atoms with Crippen LogP contribution in [-0.2, 0) is 16.6 Å². The third-order valence-corrected chi connectivity index (χ3v) is 3.96. The Balaban J connectivity index is 1.95. The minimum absolute atomic E-state index is 0.000527. The topological polar surface area (TPSA) is 40.5 Å². The summed E-state index contributed by atoms with van der Waals surface area (Å²) < 4.78 is 38.0. The predicted octanol–water partition coefficient (Wildman–Crippen LogP) is 3.84. The lowest BCUT2D eigenvalue weighted by Gasteiger charge is -2.34. The molecule has 1 atom stereocenters. The summed E-state index contributed by atoms with van der Waals surface area (Å²) in [5, 5.41) is 10.8. The lowest BCUT2D eigenvalue weighted by Crippen LogP contribution is -2.47. The zero-order valence-corrected chi connectivity index (χ0v) is 12.5. The maximum Gasteiger partial charge on any atom is 0.416 e. The Morgan fingerprint density at radius 1 is 1.00 bits per heavy atom. The van der Waals surface area contributed by atoms with E-state index in [2.05, 4.69) is 0 Å². The van der Waals surface area contributed by atoms with Gasteiger partial charge in [0.1, 0.15) is 0 Å². The van der Waals surface area contributed by atoms with Crippen LogP contribution < -0.4 is 4.90 Å². The SMILES string of the molecule is O=C1N(c2ccccc2)C=CC[C@@]1(O)c1ccc(C(F)(F)F)cc1. The van der Waals surface area contributed by atoms with Gasteiger partial charge in [-0.1, -0.05) is 36.4 Å². The van der Waals surface area contributed by atoms with Gasteiger partial charge in [-0.25, -0.2) is 0 Å². The maximum absolute atomic E-state index is 12.7. The van der Waals surface area contributed by atoms with Crippen LogP contribution in [0.3, 0.4) is 0 Å². The van der Waals surface area contributed by atoms with E-state index >= 15 is 0 Å². The first-order valence-electron chi connectivity index (χ1n) is 7.28. The van der Waals surface area contributed by atoms with Crippen molar-refractivity contribution in [1.82, 2.24) is 0 Å². The first kappa shape index (κ1) is 16.3. The van der Waals surface area contributed by atoms with Crippen molar-refractivity contribution in [2.45, 2.75) is 18.2 Å². The van der Waals surface area contributed by atoms with E-state index in [0.29, 0.717) is 5.69 Å². The lowest BCUT2D eigenvalue weighted by atomic mass is 9.86. The Labute approximate surface area is 136 Å². The second-order valence-electron chi connectivity index (χ2n) is 5.53. The second-order valence-corrected chi connectivity index (χ2v) is 5.53. The van der Waals surface area contributed by atoms with Gasteiger partial charge in [0.05, 0.1) is 5.56 Å². The van der Waals surface area contributed by atoms with Crippen molar-refractivity contribution in [3.8, 4) is 0 Å². The minimum Gasteiger partial charge on any atom is -0.375 e. The van der Waals surface area contributed by atoms with Crippen LogP contribution in [-0.4, -0.2) is 11.0 Å². The molecule has 124 valence electrons. The van der Waals surface area contributed by atoms with Crippen molar-refractivity contribution in [2.75, 3.05) is 4.90 Å². The molecule has 0 saturated carbocycles. The van der Waals surface area contributed by atoms with Gasteiger partial charge in [-0.15, -0.1) is 0 Å². The molecule has 6 heteroatoms. The molecule has 3 nitrogen and oxygen atoms in total. The zero-order chi connectivity index (χ0) is 17.4. The van der Waals surface area contributed by atoms with Crippen molar-refractivity contribution in [2.24, 2.45) is 0 Å². The maximum atomic E-state index is 12.7. The van der Waals surface area contributed by atoms with Crippen LogP contribution in [0.4, 0.5) is 18.9 Å². The molecule has 0 bridgehead atoms. The molecule has 0 saturated heterocycles. The van der Waals surface area contributed by atoms with Gasteiger partial charge in [0.15, 0.2) is 5.60 Å². The summed E-state index contributed by atoms with van der Waals surface area (Å²) in [5.41, 5.74) is -2.02. The van der Waals surface area contributed by atoms with E-state index in [9.17, 15) is 23.1 Å². The summed E-state index contributed by atoms with van der Waals surface area (Å²) in [6.45, 7) is 0. The van der Waals surface area contributed by atoms with Crippen LogP contribution in [0.5, 0.6) is 0 Å². The smallest absolute Gasteiger partial charge is 0.375 e. The molecule has 0 fully saturated rings. The minimum atomic E-state index is -4.46. The Hall–Kier alpha value is -2.60. The number of alkyl halides is 3. The molecule has 1 aliphatic heterocycles. The summed E-state index contributed by atoms with van der Waals surface area (Å²) in [7, 11) is 0. The summed E-state index contributed by atoms with van der Waals surface area (Å²) in [6.07, 6.45) is -1.30. The number of hydrogen-bond donors (Lipinski definition) is 1. The van der Waals surface area contributed by atoms with Crippen LogP contribution in [0.1, 0.15) is 17.5 Å². The number of halogens is 3. The van der Waals surface area contributed by atoms with Crippen molar-refractivity contribution in [3.63, 3.8) is 0 Å². The van der Waals surface area contributed by atoms with E-state index in [1.54, 1.807) is 42.6 Å². The Bertz CT molecular complexity index is 769. The summed E-state index contributed by atoms with van der Waals surface area (Å²) in [5.74, 6) is -0.601. The number of hydrogen-bond acceptors (Lipinski definition) is 2. The van der Waals surface area contributed by atoms with E-state index in [1.165, 1.54) is 4.90 Å². The molecule has 1 N–H and O–H groups in total. The lowest BCUT2D eigenvalue weighted by molar-refractivity contribution is -0.138. The van der Waals surface area contributed by atoms with Gasteiger partial charge >= 0.3 is 6.18 Å². The highest BCUT2D eigenvalue weighted by molar-refractivity contribution is 6.02. The Kier molecular flexibility index (Phi) is 3.93. The van der Waals surface area contributed by atoms with Gasteiger partial charge in [-0.05, 0) is 29.8 Å². The molecule has 1 aliphatic rings. The van der Waals surface area contributed by atoms with Crippen LogP contribution in [0.2, 0.25) is 0 Å². The van der Waals surface area contributed by atoms with Gasteiger partial charge in [-0.2, -0.15) is 13.2 Å². The molecular weight excluding hydrogens is 319 g/mol. The number of anilines is 1. The summed E-state index contributed by atoms with van der Waals surface area (Å²) in [4.78, 5) is 14.0. The molecule has 2 aromatic rings. The van der Waals surface area contributed by atoms with Gasteiger partial charge in [-0.3, -0.25) is 9.69 Å². The van der Waals surface area contributed by atoms with Gasteiger partial charge < -0.3 is 5.11 Å². The molecule has 0 aliphatic carbocycles. The highest BCUT2D eigenvalue weighted by Crippen LogP contribution is 2.36. The molecule has 24 heavy (non-hydrogen) atoms. The average molecular weight is 333 g/mol. The fourth-order valence-electron chi connectivity index (χ4n) is 2.65. The monoisotopic (exact) mass is 333 g/mol. The standard InChI is InChI=1S/C18H14F3NO2/c19-18(20,21)14-9-7-13(8-10-14)17(24)11-4-12-22(16(17)23)15-5-2-1-3-6-15/h1-10,12,24H,11H2/t17-/m1/s1. The molecule has 0 radical (unpaired) electrons. The predicted molar refractivity (Wildman–Crippen MR) is 83.0 cm³/mol. The molecule has 0 unspecified atom stereocenters. The zero-order valence-electron chi connectivity index (χ0n) is 12.5. The number of carbonyl (C=O) groups excluding carboxylic acids is 1. The van der Waals surface area contributed by atoms with E-state index in [1.807, 2.05) is 0 Å².